The fraction of sp³-hybridized carbons (Fsp3) is 0.0244. The second-order valence-electron chi connectivity index (χ2n) is 9.00. The third-order valence-electron chi connectivity index (χ3n) is 6.62. The monoisotopic (exact) mass is 545 g/mol. The van der Waals surface area contributed by atoms with Crippen molar-refractivity contribution < 1.29 is 34.3 Å². The summed E-state index contributed by atoms with van der Waals surface area (Å²) >= 11 is 0. The first kappa shape index (κ1) is 9.43. The zero-order chi connectivity index (χ0) is 49.1. The van der Waals surface area contributed by atoms with E-state index in [2.05, 4.69) is 0 Å². The molecule has 0 aromatic heterocycles. The van der Waals surface area contributed by atoms with Gasteiger partial charge in [-0.25, -0.2) is 0 Å². The second-order valence-corrected chi connectivity index (χ2v) is 9.00. The van der Waals surface area contributed by atoms with Gasteiger partial charge in [0.05, 0.1) is 34.3 Å². The average molecular weight is 546 g/mol. The number of benzene rings is 8. The molecule has 41 heavy (non-hydrogen) atoms. The first-order chi connectivity index (χ1) is 30.7. The number of rotatable bonds is 3. The van der Waals surface area contributed by atoms with Gasteiger partial charge in [0, 0.05) is 0 Å². The SMILES string of the molecule is [2H]c1c([2H])c([2H])c(-c2c([2H])c([2H])c(-c3c4c([2H])c([2H])c([2H])c([2H])c4c(-c4c([2H])c([2H])c5c([2H])c([2H])c(C)c([2H])c5c4[2H])c4c([2H])c([2H])c([2H])c([2H])c34)c3c([2H])c([2H])c([2H])c([2H])c23)c([2H])c1[2H]. The molecular weight excluding hydrogens is 492 g/mol. The van der Waals surface area contributed by atoms with Crippen LogP contribution in [0.1, 0.15) is 39.8 Å². The smallest absolute Gasteiger partial charge is 0.0622 e. The van der Waals surface area contributed by atoms with Crippen LogP contribution >= 0.6 is 0 Å². The van der Waals surface area contributed by atoms with Gasteiger partial charge in [-0.05, 0) is 89.4 Å². The predicted octanol–water partition coefficient (Wildman–Crippen LogP) is 11.6. The first-order valence-electron chi connectivity index (χ1n) is 24.8. The van der Waals surface area contributed by atoms with Crippen molar-refractivity contribution in [3.05, 3.63) is 157 Å². The maximum absolute atomic E-state index is 9.65. The van der Waals surface area contributed by atoms with E-state index < -0.39 is 228 Å². The standard InChI is InChI=1S/C41H28/c1-27-19-20-28-21-22-30(26-31(28)25-27)40-35-15-7-9-17-37(35)41(38-18-10-8-16-36(38)40)39-24-23-32(29-11-3-2-4-12-29)33-13-5-6-14-34(33)39/h2-26H,1H3/i2D,3D,4D,5D,6D,7D,8D,9D,10D,11D,12D,13D,14D,15D,16D,17D,18D,19D,20D,21D,22D,23D,24D,25D,26D. The lowest BCUT2D eigenvalue weighted by Crippen LogP contribution is -1.92. The Morgan fingerprint density at radius 2 is 0.878 bits per heavy atom. The number of hydrogen-bond acceptors (Lipinski definition) is 0. The highest BCUT2D eigenvalue weighted by Gasteiger charge is 2.19. The molecule has 0 amide bonds. The summed E-state index contributed by atoms with van der Waals surface area (Å²) in [4.78, 5) is 0. The van der Waals surface area contributed by atoms with E-state index in [1.807, 2.05) is 0 Å². The molecular formula is C41H28. The Kier molecular flexibility index (Phi) is 2.18. The third-order valence-corrected chi connectivity index (χ3v) is 6.62. The molecule has 0 heteroatoms. The fourth-order valence-electron chi connectivity index (χ4n) is 4.91. The lowest BCUT2D eigenvalue weighted by Gasteiger charge is -2.20. The van der Waals surface area contributed by atoms with Crippen LogP contribution < -0.4 is 0 Å². The van der Waals surface area contributed by atoms with Crippen LogP contribution in [0.5, 0.6) is 0 Å². The number of fused-ring (bicyclic) bond motifs is 4. The third kappa shape index (κ3) is 3.84. The Labute approximate surface area is 275 Å². The minimum atomic E-state index is -1.05. The molecule has 8 aromatic rings. The topological polar surface area (TPSA) is 0 Å². The Bertz CT molecular complexity index is 3540. The molecule has 0 heterocycles. The van der Waals surface area contributed by atoms with Gasteiger partial charge < -0.3 is 0 Å². The lowest BCUT2D eigenvalue weighted by molar-refractivity contribution is 1.51. The van der Waals surface area contributed by atoms with E-state index in [9.17, 15) is 12.3 Å². The molecule has 8 aromatic carbocycles. The van der Waals surface area contributed by atoms with Gasteiger partial charge in [-0.2, -0.15) is 0 Å². The van der Waals surface area contributed by atoms with Crippen molar-refractivity contribution in [3.8, 4) is 33.4 Å². The molecule has 0 N–H and O–H groups in total. The highest BCUT2D eigenvalue weighted by Crippen LogP contribution is 2.46. The van der Waals surface area contributed by atoms with Gasteiger partial charge in [-0.15, -0.1) is 0 Å². The van der Waals surface area contributed by atoms with Crippen molar-refractivity contribution in [1.82, 2.24) is 0 Å². The first-order valence-corrected chi connectivity index (χ1v) is 12.2. The summed E-state index contributed by atoms with van der Waals surface area (Å²) in [5.74, 6) is 0. The molecule has 8 rings (SSSR count). The van der Waals surface area contributed by atoms with Crippen molar-refractivity contribution in [2.45, 2.75) is 6.92 Å². The molecule has 0 aliphatic rings. The number of hydrogen-bond donors (Lipinski definition) is 0. The molecule has 0 fully saturated rings. The van der Waals surface area contributed by atoms with Crippen molar-refractivity contribution in [1.29, 1.82) is 0 Å². The van der Waals surface area contributed by atoms with Gasteiger partial charge >= 0.3 is 0 Å². The van der Waals surface area contributed by atoms with Crippen LogP contribution in [-0.4, -0.2) is 0 Å². The van der Waals surface area contributed by atoms with Gasteiger partial charge in [0.2, 0.25) is 0 Å². The van der Waals surface area contributed by atoms with Crippen LogP contribution in [-0.2, 0) is 0 Å². The zero-order valence-corrected chi connectivity index (χ0v) is 21.0. The van der Waals surface area contributed by atoms with Crippen molar-refractivity contribution in [3.63, 3.8) is 0 Å². The molecule has 0 saturated heterocycles. The minimum Gasteiger partial charge on any atom is -0.0622 e. The van der Waals surface area contributed by atoms with Gasteiger partial charge in [-0.1, -0.05) is 151 Å². The Morgan fingerprint density at radius 3 is 1.54 bits per heavy atom. The largest absolute Gasteiger partial charge is 0.0636 e. The van der Waals surface area contributed by atoms with Crippen LogP contribution in [0.3, 0.4) is 0 Å². The van der Waals surface area contributed by atoms with Gasteiger partial charge in [0.25, 0.3) is 0 Å². The Balaban J connectivity index is 1.79. The zero-order valence-electron chi connectivity index (χ0n) is 46.0. The van der Waals surface area contributed by atoms with Gasteiger partial charge in [-0.3, -0.25) is 0 Å². The molecule has 0 bridgehead atoms. The molecule has 0 radical (unpaired) electrons. The molecule has 0 saturated carbocycles. The summed E-state index contributed by atoms with van der Waals surface area (Å²) in [6.45, 7) is 1.31. The molecule has 0 atom stereocenters. The molecule has 0 nitrogen and oxygen atoms in total. The van der Waals surface area contributed by atoms with E-state index >= 15 is 0 Å². The van der Waals surface area contributed by atoms with E-state index in [0.29, 0.717) is 0 Å². The van der Waals surface area contributed by atoms with E-state index in [-0.39, 0.29) is 5.56 Å². The Morgan fingerprint density at radius 1 is 0.366 bits per heavy atom. The van der Waals surface area contributed by atoms with E-state index in [1.165, 1.54) is 6.92 Å². The molecule has 0 aliphatic heterocycles. The molecule has 0 unspecified atom stereocenters. The van der Waals surface area contributed by atoms with Crippen LogP contribution in [0, 0.1) is 6.92 Å². The van der Waals surface area contributed by atoms with E-state index in [1.54, 1.807) is 0 Å². The van der Waals surface area contributed by atoms with Crippen molar-refractivity contribution in [2.75, 3.05) is 0 Å². The second kappa shape index (κ2) is 9.47. The maximum atomic E-state index is 9.65. The van der Waals surface area contributed by atoms with Crippen molar-refractivity contribution >= 4 is 43.1 Å². The van der Waals surface area contributed by atoms with Crippen LogP contribution in [0.2, 0.25) is 0 Å². The van der Waals surface area contributed by atoms with Gasteiger partial charge in [0.1, 0.15) is 0 Å². The minimum absolute atomic E-state index is 0.101. The van der Waals surface area contributed by atoms with Crippen molar-refractivity contribution in [2.24, 2.45) is 0 Å². The molecule has 192 valence electrons. The maximum Gasteiger partial charge on any atom is 0.0636 e. The van der Waals surface area contributed by atoms with Crippen LogP contribution in [0.4, 0.5) is 0 Å². The predicted molar refractivity (Wildman–Crippen MR) is 178 cm³/mol. The summed E-state index contributed by atoms with van der Waals surface area (Å²) in [6, 6.07) is -22.2. The fourth-order valence-corrected chi connectivity index (χ4v) is 4.91. The highest BCUT2D eigenvalue weighted by molar-refractivity contribution is 6.24. The quantitative estimate of drug-likeness (QED) is 0.194. The average Bonchev–Trinajstić information content (AvgIpc) is 3.28. The summed E-state index contributed by atoms with van der Waals surface area (Å²) in [5.41, 5.74) is -4.37. The summed E-state index contributed by atoms with van der Waals surface area (Å²) in [7, 11) is 0. The highest BCUT2D eigenvalue weighted by atomic mass is 14.2. The van der Waals surface area contributed by atoms with E-state index in [4.69, 9.17) is 21.9 Å². The van der Waals surface area contributed by atoms with Crippen LogP contribution in [0.15, 0.2) is 151 Å². The molecule has 0 spiro atoms. The lowest BCUT2D eigenvalue weighted by atomic mass is 9.83. The summed E-state index contributed by atoms with van der Waals surface area (Å²) in [5, 5.41) is -5.09. The summed E-state index contributed by atoms with van der Waals surface area (Å²) < 4.78 is 224. The van der Waals surface area contributed by atoms with Gasteiger partial charge in [0.15, 0.2) is 0 Å². The molecule has 0 aliphatic carbocycles. The van der Waals surface area contributed by atoms with E-state index in [0.717, 1.165) is 0 Å². The van der Waals surface area contributed by atoms with Crippen LogP contribution in [0.25, 0.3) is 76.5 Å². The Hall–Kier alpha value is -5.20. The summed E-state index contributed by atoms with van der Waals surface area (Å²) in [6.07, 6.45) is 0. The normalized spacial score (nSPS) is 20.1.